The van der Waals surface area contributed by atoms with E-state index in [1.807, 2.05) is 0 Å². The van der Waals surface area contributed by atoms with Gasteiger partial charge in [-0.1, -0.05) is 207 Å². The van der Waals surface area contributed by atoms with Gasteiger partial charge in [0.2, 0.25) is 11.8 Å². The number of amides is 2. The normalized spacial score (nSPS) is 33.4. The standard InChI is InChI=1S/C67H126N2O24/c1-6-8-9-10-11-12-13-14-15-16-17-18-19-24-27-30-33-36-46(74)63(85)69-44(52(76)45(73)35-32-29-26-23-21-20-22-25-28-31-34-41(3)7-2)39-86-67-62(58(82)53(77)47(37-70)90-67)93-66-60(84)57(81)54(78)49(91-66)40-87-64-50(68-43(5)72)61(55(79)48(38-71)89-64)92-65-59(83)56(80)51(75)42(4)88-65/h41-42,44-62,64-67,70-71,73-84H,6-40H2,1-5H3,(H,68,72)(H,69,85). The van der Waals surface area contributed by atoms with E-state index in [4.69, 9.17) is 37.9 Å². The summed E-state index contributed by atoms with van der Waals surface area (Å²) >= 11 is 0. The van der Waals surface area contributed by atoms with Crippen LogP contribution in [0.1, 0.15) is 234 Å². The summed E-state index contributed by atoms with van der Waals surface area (Å²) in [5.41, 5.74) is 0. The first-order valence-electron chi connectivity index (χ1n) is 35.7. The predicted molar refractivity (Wildman–Crippen MR) is 341 cm³/mol. The topological polar surface area (TPSA) is 415 Å². The number of ether oxygens (including phenoxy) is 8. The van der Waals surface area contributed by atoms with Crippen LogP contribution in [-0.4, -0.2) is 257 Å². The highest BCUT2D eigenvalue weighted by molar-refractivity contribution is 5.80. The molecule has 0 saturated carbocycles. The molecule has 25 atom stereocenters. The highest BCUT2D eigenvalue weighted by Gasteiger charge is 2.54. The van der Waals surface area contributed by atoms with Gasteiger partial charge >= 0.3 is 0 Å². The molecular weight excluding hydrogens is 1220 g/mol. The summed E-state index contributed by atoms with van der Waals surface area (Å²) in [6, 6.07) is -2.93. The van der Waals surface area contributed by atoms with Gasteiger partial charge in [-0.3, -0.25) is 9.59 Å². The molecule has 0 radical (unpaired) electrons. The van der Waals surface area contributed by atoms with Crippen LogP contribution in [-0.2, 0) is 47.5 Å². The fourth-order valence-corrected chi connectivity index (χ4v) is 12.7. The lowest BCUT2D eigenvalue weighted by Gasteiger charge is -2.48. The first kappa shape index (κ1) is 83.5. The van der Waals surface area contributed by atoms with Crippen LogP contribution in [0.25, 0.3) is 0 Å². The molecule has 26 heteroatoms. The number of aliphatic hydroxyl groups excluding tert-OH is 14. The average molecular weight is 1340 g/mol. The van der Waals surface area contributed by atoms with E-state index in [2.05, 4.69) is 31.4 Å². The van der Waals surface area contributed by atoms with Crippen LogP contribution in [0, 0.1) is 5.92 Å². The molecule has 4 saturated heterocycles. The number of nitrogens with one attached hydrogen (secondary N) is 2. The van der Waals surface area contributed by atoms with Gasteiger partial charge in [0.1, 0.15) is 104 Å². The first-order valence-corrected chi connectivity index (χ1v) is 35.7. The van der Waals surface area contributed by atoms with E-state index in [9.17, 15) is 81.1 Å². The second-order valence-electron chi connectivity index (χ2n) is 27.0. The average Bonchev–Trinajstić information content (AvgIpc) is 0.830. The van der Waals surface area contributed by atoms with Gasteiger partial charge in [-0.25, -0.2) is 0 Å². The first-order chi connectivity index (χ1) is 44.6. The number of unbranched alkanes of at least 4 members (excludes halogenated alkanes) is 25. The summed E-state index contributed by atoms with van der Waals surface area (Å²) in [7, 11) is 0. The van der Waals surface area contributed by atoms with Crippen molar-refractivity contribution in [1.29, 1.82) is 0 Å². The number of aliphatic hydroxyl groups is 14. The maximum absolute atomic E-state index is 13.7. The molecule has 0 aromatic heterocycles. The summed E-state index contributed by atoms with van der Waals surface area (Å²) in [5.74, 6) is -0.788. The minimum Gasteiger partial charge on any atom is -0.394 e. The van der Waals surface area contributed by atoms with Crippen molar-refractivity contribution in [3.8, 4) is 0 Å². The Morgan fingerprint density at radius 2 is 0.892 bits per heavy atom. The van der Waals surface area contributed by atoms with Crippen LogP contribution in [0.3, 0.4) is 0 Å². The van der Waals surface area contributed by atoms with Gasteiger partial charge in [-0.2, -0.15) is 0 Å². The van der Waals surface area contributed by atoms with Crippen molar-refractivity contribution in [2.75, 3.05) is 26.4 Å². The number of carbonyl (C=O) groups is 2. The van der Waals surface area contributed by atoms with Crippen LogP contribution in [0.15, 0.2) is 0 Å². The Morgan fingerprint density at radius 3 is 1.40 bits per heavy atom. The summed E-state index contributed by atoms with van der Waals surface area (Å²) in [6.07, 6.45) is -4.74. The molecule has 0 bridgehead atoms. The highest BCUT2D eigenvalue weighted by atomic mass is 16.8. The van der Waals surface area contributed by atoms with Gasteiger partial charge in [0.15, 0.2) is 25.2 Å². The lowest BCUT2D eigenvalue weighted by atomic mass is 9.95. The van der Waals surface area contributed by atoms with E-state index in [1.54, 1.807) is 0 Å². The van der Waals surface area contributed by atoms with Crippen LogP contribution in [0.2, 0.25) is 0 Å². The third kappa shape index (κ3) is 28.7. The zero-order valence-corrected chi connectivity index (χ0v) is 56.5. The van der Waals surface area contributed by atoms with E-state index in [0.717, 1.165) is 70.6 Å². The molecule has 93 heavy (non-hydrogen) atoms. The zero-order valence-electron chi connectivity index (χ0n) is 56.5. The fraction of sp³-hybridized carbons (Fsp3) is 0.970. The largest absolute Gasteiger partial charge is 0.394 e. The monoisotopic (exact) mass is 1340 g/mol. The van der Waals surface area contributed by atoms with Crippen molar-refractivity contribution in [1.82, 2.24) is 10.6 Å². The second-order valence-corrected chi connectivity index (χ2v) is 27.0. The minimum atomic E-state index is -2.10. The van der Waals surface area contributed by atoms with E-state index in [-0.39, 0.29) is 12.8 Å². The molecule has 4 rings (SSSR count). The number of hydrogen-bond acceptors (Lipinski definition) is 24. The highest BCUT2D eigenvalue weighted by Crippen LogP contribution is 2.34. The van der Waals surface area contributed by atoms with Gasteiger partial charge in [0.05, 0.1) is 44.7 Å². The van der Waals surface area contributed by atoms with Crippen molar-refractivity contribution in [2.24, 2.45) is 5.92 Å². The van der Waals surface area contributed by atoms with Gasteiger partial charge in [0, 0.05) is 6.92 Å². The molecule has 4 aliphatic rings. The summed E-state index contributed by atoms with van der Waals surface area (Å²) in [4.78, 5) is 26.3. The third-order valence-electron chi connectivity index (χ3n) is 19.1. The lowest BCUT2D eigenvalue weighted by Crippen LogP contribution is -2.68. The molecule has 0 aromatic rings. The van der Waals surface area contributed by atoms with Gasteiger partial charge < -0.3 is 120 Å². The fourth-order valence-electron chi connectivity index (χ4n) is 12.7. The third-order valence-corrected chi connectivity index (χ3v) is 19.1. The molecule has 4 fully saturated rings. The molecule has 548 valence electrons. The Labute approximate surface area is 552 Å². The molecule has 26 nitrogen and oxygen atoms in total. The summed E-state index contributed by atoms with van der Waals surface area (Å²) < 4.78 is 47.2. The van der Waals surface area contributed by atoms with E-state index in [1.165, 1.54) is 122 Å². The van der Waals surface area contributed by atoms with Crippen molar-refractivity contribution in [2.45, 2.75) is 381 Å². The molecule has 2 amide bonds. The molecule has 0 spiro atoms. The molecule has 25 unspecified atom stereocenters. The zero-order chi connectivity index (χ0) is 68.4. The molecule has 4 aliphatic heterocycles. The lowest BCUT2D eigenvalue weighted by molar-refractivity contribution is -0.373. The van der Waals surface area contributed by atoms with Crippen LogP contribution in [0.5, 0.6) is 0 Å². The minimum absolute atomic E-state index is 0.123. The van der Waals surface area contributed by atoms with E-state index in [0.29, 0.717) is 12.8 Å². The van der Waals surface area contributed by atoms with Crippen LogP contribution < -0.4 is 10.6 Å². The Kier molecular flexibility index (Phi) is 41.7. The van der Waals surface area contributed by atoms with Crippen molar-refractivity contribution in [3.63, 3.8) is 0 Å². The molecule has 16 N–H and O–H groups in total. The SMILES string of the molecule is CCCCCCCCCCCCCCCCCCCC(O)C(=O)NC(COC1OC(CO)C(O)C(O)C1OC1OC(COC2OC(CO)C(O)C(OC3OC(C)C(O)C(O)C3O)C2NC(C)=O)C(O)C(O)C1O)C(O)C(O)CCCCCCCCCCCCC(C)CC. The van der Waals surface area contributed by atoms with E-state index < -0.39 is 185 Å². The molecular formula is C67H126N2O24. The molecule has 0 aliphatic carbocycles. The Balaban J connectivity index is 1.41. The van der Waals surface area contributed by atoms with Crippen molar-refractivity contribution in [3.05, 3.63) is 0 Å². The van der Waals surface area contributed by atoms with Crippen molar-refractivity contribution < 1.29 is 119 Å². The Hall–Kier alpha value is -1.94. The van der Waals surface area contributed by atoms with Gasteiger partial charge in [0.25, 0.3) is 0 Å². The van der Waals surface area contributed by atoms with Gasteiger partial charge in [-0.15, -0.1) is 0 Å². The number of carbonyl (C=O) groups excluding carboxylic acids is 2. The van der Waals surface area contributed by atoms with Crippen molar-refractivity contribution >= 4 is 11.8 Å². The van der Waals surface area contributed by atoms with Gasteiger partial charge in [-0.05, 0) is 25.7 Å². The smallest absolute Gasteiger partial charge is 0.249 e. The molecule has 0 aromatic carbocycles. The van der Waals surface area contributed by atoms with E-state index >= 15 is 0 Å². The Bertz CT molecular complexity index is 1940. The summed E-state index contributed by atoms with van der Waals surface area (Å²) in [5, 5.41) is 159. The molecule has 4 heterocycles. The predicted octanol–water partition coefficient (Wildman–Crippen LogP) is 2.78. The van der Waals surface area contributed by atoms with Crippen LogP contribution >= 0.6 is 0 Å². The summed E-state index contributed by atoms with van der Waals surface area (Å²) in [6.45, 7) is 6.09. The maximum atomic E-state index is 13.7. The number of rotatable bonds is 49. The van der Waals surface area contributed by atoms with Crippen LogP contribution in [0.4, 0.5) is 0 Å². The maximum Gasteiger partial charge on any atom is 0.249 e. The quantitative estimate of drug-likeness (QED) is 0.0389. The second kappa shape index (κ2) is 46.4. The Morgan fingerprint density at radius 1 is 0.462 bits per heavy atom. The number of hydrogen-bond donors (Lipinski definition) is 16.